The van der Waals surface area contributed by atoms with Crippen LogP contribution in [0.4, 0.5) is 0 Å². The van der Waals surface area contributed by atoms with Gasteiger partial charge in [0.15, 0.2) is 0 Å². The first kappa shape index (κ1) is 10.5. The van der Waals surface area contributed by atoms with Crippen LogP contribution >= 0.6 is 0 Å². The maximum absolute atomic E-state index is 2.20. The summed E-state index contributed by atoms with van der Waals surface area (Å²) in [6.45, 7) is 8.72. The fourth-order valence-corrected chi connectivity index (χ4v) is 0. The molecule has 0 aromatic heterocycles. The van der Waals surface area contributed by atoms with Crippen molar-refractivity contribution in [2.45, 2.75) is 27.7 Å². The summed E-state index contributed by atoms with van der Waals surface area (Å²) in [6.07, 6.45) is 0. The third-order valence-corrected chi connectivity index (χ3v) is 1.15. The molecule has 0 saturated heterocycles. The summed E-state index contributed by atoms with van der Waals surface area (Å²) in [7, 11) is 0. The van der Waals surface area contributed by atoms with E-state index in [0.29, 0.717) is 0 Å². The minimum absolute atomic E-state index is 0. The average Bonchev–Trinajstić information content (AvgIpc) is 1.36. The second-order valence-corrected chi connectivity index (χ2v) is 2.23. The molecule has 0 aliphatic rings. The van der Waals surface area contributed by atoms with Gasteiger partial charge in [-0.25, -0.2) is 0 Å². The Balaban J connectivity index is 0. The predicted molar refractivity (Wildman–Crippen MR) is 40.8 cm³/mol. The van der Waals surface area contributed by atoms with E-state index in [1.54, 1.807) is 0 Å². The fraction of sp³-hybridized carbons (Fsp3) is 0.833. The molecule has 0 atom stereocenters. The number of hydrogen-bond donors (Lipinski definition) is 0. The van der Waals surface area contributed by atoms with Crippen molar-refractivity contribution in [3.8, 4) is 0 Å². The second-order valence-electron chi connectivity index (χ2n) is 2.23. The quantitative estimate of drug-likeness (QED) is 0.500. The molecule has 0 aromatic carbocycles. The molecular weight excluding hydrogens is 145 g/mol. The SMILES string of the molecule is C[C](C)C(C)C.[GeH4]. The Morgan fingerprint density at radius 3 is 1.29 bits per heavy atom. The third kappa shape index (κ3) is 6.54. The van der Waals surface area contributed by atoms with Gasteiger partial charge >= 0.3 is 17.6 Å². The molecule has 0 nitrogen and oxygen atoms in total. The molecule has 1 radical (unpaired) electrons. The van der Waals surface area contributed by atoms with E-state index in [1.807, 2.05) is 0 Å². The summed E-state index contributed by atoms with van der Waals surface area (Å²) >= 11 is 0. The molecule has 1 heteroatoms. The summed E-state index contributed by atoms with van der Waals surface area (Å²) < 4.78 is 0. The number of hydrogen-bond acceptors (Lipinski definition) is 0. The zero-order chi connectivity index (χ0) is 5.15. The number of rotatable bonds is 1. The monoisotopic (exact) mass is 163 g/mol. The first-order valence-corrected chi connectivity index (χ1v) is 2.44. The van der Waals surface area contributed by atoms with E-state index >= 15 is 0 Å². The molecule has 0 aliphatic carbocycles. The summed E-state index contributed by atoms with van der Waals surface area (Å²) in [5, 5.41) is 0. The Labute approximate surface area is 57.7 Å². The summed E-state index contributed by atoms with van der Waals surface area (Å²) in [4.78, 5) is 0. The molecule has 0 N–H and O–H groups in total. The van der Waals surface area contributed by atoms with Crippen LogP contribution in [0.1, 0.15) is 27.7 Å². The van der Waals surface area contributed by atoms with Gasteiger partial charge in [0.2, 0.25) is 0 Å². The van der Waals surface area contributed by atoms with Crippen molar-refractivity contribution >= 4 is 17.6 Å². The Morgan fingerprint density at radius 2 is 1.29 bits per heavy atom. The first-order valence-electron chi connectivity index (χ1n) is 2.44. The van der Waals surface area contributed by atoms with Crippen LogP contribution in [0.15, 0.2) is 0 Å². The van der Waals surface area contributed by atoms with E-state index < -0.39 is 0 Å². The van der Waals surface area contributed by atoms with Gasteiger partial charge in [-0.1, -0.05) is 27.7 Å². The average molecular weight is 162 g/mol. The Hall–Kier alpha value is 0.543. The van der Waals surface area contributed by atoms with E-state index in [9.17, 15) is 0 Å². The molecule has 0 spiro atoms. The Kier molecular flexibility index (Phi) is 7.05. The van der Waals surface area contributed by atoms with E-state index in [1.165, 1.54) is 5.92 Å². The van der Waals surface area contributed by atoms with Crippen LogP contribution in [0.3, 0.4) is 0 Å². The molecule has 0 aromatic rings. The zero-order valence-electron chi connectivity index (χ0n) is 5.08. The summed E-state index contributed by atoms with van der Waals surface area (Å²) in [6, 6.07) is 0. The summed E-state index contributed by atoms with van der Waals surface area (Å²) in [5.41, 5.74) is 0. The van der Waals surface area contributed by atoms with Crippen LogP contribution < -0.4 is 0 Å². The molecule has 0 fully saturated rings. The standard InChI is InChI=1S/C6H13.GeH4/c1-5(2)6(3)4;/h5H,1-4H3;1H4. The van der Waals surface area contributed by atoms with Crippen molar-refractivity contribution in [2.75, 3.05) is 0 Å². The molecular formula is C6H17Ge. The van der Waals surface area contributed by atoms with Gasteiger partial charge in [0.05, 0.1) is 0 Å². The van der Waals surface area contributed by atoms with Gasteiger partial charge in [0.1, 0.15) is 0 Å². The molecule has 0 bridgehead atoms. The fourth-order valence-electron chi connectivity index (χ4n) is 0. The molecule has 0 aliphatic heterocycles. The first-order chi connectivity index (χ1) is 2.64. The van der Waals surface area contributed by atoms with Gasteiger partial charge in [-0.05, 0) is 11.8 Å². The van der Waals surface area contributed by atoms with E-state index in [4.69, 9.17) is 0 Å². The van der Waals surface area contributed by atoms with Gasteiger partial charge in [-0.15, -0.1) is 0 Å². The molecule has 0 unspecified atom stereocenters. The van der Waals surface area contributed by atoms with Crippen molar-refractivity contribution in [1.82, 2.24) is 0 Å². The normalized spacial score (nSPS) is 9.43. The van der Waals surface area contributed by atoms with Gasteiger partial charge < -0.3 is 0 Å². The van der Waals surface area contributed by atoms with E-state index in [-0.39, 0.29) is 17.6 Å². The van der Waals surface area contributed by atoms with Crippen molar-refractivity contribution < 1.29 is 0 Å². The van der Waals surface area contributed by atoms with Crippen molar-refractivity contribution in [2.24, 2.45) is 5.92 Å². The Morgan fingerprint density at radius 1 is 1.14 bits per heavy atom. The maximum atomic E-state index is 2.20. The van der Waals surface area contributed by atoms with Crippen LogP contribution in [-0.4, -0.2) is 17.6 Å². The molecule has 0 saturated carbocycles. The van der Waals surface area contributed by atoms with Crippen molar-refractivity contribution in [3.05, 3.63) is 5.92 Å². The third-order valence-electron chi connectivity index (χ3n) is 1.15. The van der Waals surface area contributed by atoms with E-state index in [0.717, 1.165) is 5.92 Å². The summed E-state index contributed by atoms with van der Waals surface area (Å²) in [5.74, 6) is 2.28. The van der Waals surface area contributed by atoms with Crippen LogP contribution in [0.5, 0.6) is 0 Å². The van der Waals surface area contributed by atoms with Crippen LogP contribution in [0.2, 0.25) is 0 Å². The second kappa shape index (κ2) is 4.70. The van der Waals surface area contributed by atoms with Gasteiger partial charge in [-0.3, -0.25) is 0 Å². The molecule has 0 heterocycles. The van der Waals surface area contributed by atoms with Gasteiger partial charge in [-0.2, -0.15) is 0 Å². The van der Waals surface area contributed by atoms with Crippen LogP contribution in [0.25, 0.3) is 0 Å². The predicted octanol–water partition coefficient (Wildman–Crippen LogP) is 0.805. The van der Waals surface area contributed by atoms with E-state index in [2.05, 4.69) is 27.7 Å². The zero-order valence-corrected chi connectivity index (χ0v) is 5.08. The molecule has 0 rings (SSSR count). The molecule has 7 heavy (non-hydrogen) atoms. The minimum atomic E-state index is 0. The Bertz CT molecular complexity index is 25.2. The van der Waals surface area contributed by atoms with Gasteiger partial charge in [0.25, 0.3) is 0 Å². The van der Waals surface area contributed by atoms with Gasteiger partial charge in [0, 0.05) is 0 Å². The molecule has 0 amide bonds. The van der Waals surface area contributed by atoms with Crippen molar-refractivity contribution in [3.63, 3.8) is 0 Å². The van der Waals surface area contributed by atoms with Crippen LogP contribution in [-0.2, 0) is 0 Å². The van der Waals surface area contributed by atoms with Crippen LogP contribution in [0, 0.1) is 11.8 Å². The topological polar surface area (TPSA) is 0 Å². The molecule has 45 valence electrons. The van der Waals surface area contributed by atoms with Crippen molar-refractivity contribution in [1.29, 1.82) is 0 Å².